The highest BCUT2D eigenvalue weighted by Gasteiger charge is 2.28. The molecule has 92 valence electrons. The predicted molar refractivity (Wildman–Crippen MR) is 67.0 cm³/mol. The van der Waals surface area contributed by atoms with E-state index in [0.717, 1.165) is 24.9 Å². The van der Waals surface area contributed by atoms with Gasteiger partial charge in [-0.15, -0.1) is 0 Å². The van der Waals surface area contributed by atoms with E-state index in [-0.39, 0.29) is 11.9 Å². The highest BCUT2D eigenvalue weighted by Crippen LogP contribution is 2.27. The topological polar surface area (TPSA) is 40.5 Å². The molecule has 1 aromatic carbocycles. The van der Waals surface area contributed by atoms with Gasteiger partial charge in [-0.2, -0.15) is 0 Å². The Kier molecular flexibility index (Phi) is 3.92. The van der Waals surface area contributed by atoms with Crippen LogP contribution in [-0.4, -0.2) is 42.0 Å². The third kappa shape index (κ3) is 3.38. The molecule has 3 heteroatoms. The number of ketones is 1. The van der Waals surface area contributed by atoms with E-state index in [1.165, 1.54) is 0 Å². The standard InChI is InChI=1S/C14H19NO2/c1-15(9-11-7-13(16)8-11)10-14(17)12-5-3-2-4-6-12/h2-6,11,13,16H,7-10H2,1H3. The molecule has 0 bridgehead atoms. The molecule has 0 aromatic heterocycles. The van der Waals surface area contributed by atoms with Crippen molar-refractivity contribution in [2.24, 2.45) is 5.92 Å². The van der Waals surface area contributed by atoms with Crippen molar-refractivity contribution in [1.29, 1.82) is 0 Å². The lowest BCUT2D eigenvalue weighted by molar-refractivity contribution is 0.0286. The molecule has 0 amide bonds. The lowest BCUT2D eigenvalue weighted by Gasteiger charge is -2.34. The number of rotatable bonds is 5. The van der Waals surface area contributed by atoms with Crippen molar-refractivity contribution in [2.75, 3.05) is 20.1 Å². The number of hydrogen-bond acceptors (Lipinski definition) is 3. The van der Waals surface area contributed by atoms with Crippen LogP contribution < -0.4 is 0 Å². The van der Waals surface area contributed by atoms with Crippen molar-refractivity contribution in [3.63, 3.8) is 0 Å². The van der Waals surface area contributed by atoms with Crippen molar-refractivity contribution in [1.82, 2.24) is 4.90 Å². The minimum atomic E-state index is -0.113. The summed E-state index contributed by atoms with van der Waals surface area (Å²) < 4.78 is 0. The molecule has 0 spiro atoms. The summed E-state index contributed by atoms with van der Waals surface area (Å²) in [5, 5.41) is 9.21. The number of carbonyl (C=O) groups excluding carboxylic acids is 1. The van der Waals surface area contributed by atoms with Crippen LogP contribution in [0.4, 0.5) is 0 Å². The average molecular weight is 233 g/mol. The van der Waals surface area contributed by atoms with Crippen molar-refractivity contribution in [3.8, 4) is 0 Å². The first-order chi connectivity index (χ1) is 8.15. The highest BCUT2D eigenvalue weighted by molar-refractivity contribution is 5.97. The molecule has 0 unspecified atom stereocenters. The summed E-state index contributed by atoms with van der Waals surface area (Å²) in [5.74, 6) is 0.714. The van der Waals surface area contributed by atoms with Gasteiger partial charge in [-0.05, 0) is 25.8 Å². The van der Waals surface area contributed by atoms with E-state index >= 15 is 0 Å². The molecule has 0 atom stereocenters. The lowest BCUT2D eigenvalue weighted by atomic mass is 9.82. The van der Waals surface area contributed by atoms with E-state index in [4.69, 9.17) is 0 Å². The van der Waals surface area contributed by atoms with Gasteiger partial charge in [0, 0.05) is 12.1 Å². The van der Waals surface area contributed by atoms with Gasteiger partial charge < -0.3 is 5.11 Å². The first-order valence-electron chi connectivity index (χ1n) is 6.10. The smallest absolute Gasteiger partial charge is 0.176 e. The second kappa shape index (κ2) is 5.43. The fourth-order valence-electron chi connectivity index (χ4n) is 2.32. The number of carbonyl (C=O) groups is 1. The van der Waals surface area contributed by atoms with Gasteiger partial charge in [-0.25, -0.2) is 0 Å². The Bertz CT molecular complexity index is 371. The van der Waals surface area contributed by atoms with E-state index in [1.54, 1.807) is 0 Å². The Morgan fingerprint density at radius 2 is 2.00 bits per heavy atom. The Morgan fingerprint density at radius 1 is 1.35 bits per heavy atom. The number of hydrogen-bond donors (Lipinski definition) is 1. The highest BCUT2D eigenvalue weighted by atomic mass is 16.3. The first kappa shape index (κ1) is 12.3. The van der Waals surface area contributed by atoms with Gasteiger partial charge in [0.15, 0.2) is 5.78 Å². The van der Waals surface area contributed by atoms with E-state index in [0.29, 0.717) is 12.5 Å². The molecule has 0 heterocycles. The molecule has 0 radical (unpaired) electrons. The fraction of sp³-hybridized carbons (Fsp3) is 0.500. The molecule has 1 N–H and O–H groups in total. The molecule has 0 aliphatic heterocycles. The SMILES string of the molecule is CN(CC(=O)c1ccccc1)CC1CC(O)C1. The van der Waals surface area contributed by atoms with Crippen LogP contribution in [0.5, 0.6) is 0 Å². The van der Waals surface area contributed by atoms with Gasteiger partial charge >= 0.3 is 0 Å². The summed E-state index contributed by atoms with van der Waals surface area (Å²) in [6.07, 6.45) is 1.64. The summed E-state index contributed by atoms with van der Waals surface area (Å²) in [6.45, 7) is 1.35. The summed E-state index contributed by atoms with van der Waals surface area (Å²) in [6, 6.07) is 9.38. The molecular formula is C14H19NO2. The monoisotopic (exact) mass is 233 g/mol. The third-order valence-corrected chi connectivity index (χ3v) is 3.29. The van der Waals surface area contributed by atoms with Crippen molar-refractivity contribution >= 4 is 5.78 Å². The van der Waals surface area contributed by atoms with E-state index in [2.05, 4.69) is 0 Å². The van der Waals surface area contributed by atoms with Crippen LogP contribution in [0.1, 0.15) is 23.2 Å². The number of nitrogens with zero attached hydrogens (tertiary/aromatic N) is 1. The van der Waals surface area contributed by atoms with Crippen molar-refractivity contribution in [2.45, 2.75) is 18.9 Å². The van der Waals surface area contributed by atoms with Crippen LogP contribution in [-0.2, 0) is 0 Å². The second-order valence-corrected chi connectivity index (χ2v) is 4.98. The van der Waals surface area contributed by atoms with Crippen LogP contribution in [0.2, 0.25) is 0 Å². The Labute approximate surface area is 102 Å². The predicted octanol–water partition coefficient (Wildman–Crippen LogP) is 1.57. The van der Waals surface area contributed by atoms with Crippen LogP contribution in [0, 0.1) is 5.92 Å². The van der Waals surface area contributed by atoms with Gasteiger partial charge in [0.25, 0.3) is 0 Å². The van der Waals surface area contributed by atoms with Crippen LogP contribution in [0.3, 0.4) is 0 Å². The average Bonchev–Trinajstić information content (AvgIpc) is 2.28. The fourth-order valence-corrected chi connectivity index (χ4v) is 2.32. The minimum absolute atomic E-state index is 0.113. The number of aliphatic hydroxyl groups is 1. The Hall–Kier alpha value is -1.19. The summed E-state index contributed by atoms with van der Waals surface area (Å²) in [5.41, 5.74) is 0.771. The van der Waals surface area contributed by atoms with Crippen LogP contribution in [0.25, 0.3) is 0 Å². The molecule has 1 saturated carbocycles. The number of Topliss-reactive ketones (excluding diaryl/α,β-unsaturated/α-hetero) is 1. The van der Waals surface area contributed by atoms with Gasteiger partial charge in [0.2, 0.25) is 0 Å². The number of benzene rings is 1. The molecule has 1 fully saturated rings. The zero-order valence-corrected chi connectivity index (χ0v) is 10.2. The molecule has 0 saturated heterocycles. The van der Waals surface area contributed by atoms with E-state index in [1.807, 2.05) is 42.3 Å². The van der Waals surface area contributed by atoms with E-state index < -0.39 is 0 Å². The minimum Gasteiger partial charge on any atom is -0.393 e. The molecule has 3 nitrogen and oxygen atoms in total. The third-order valence-electron chi connectivity index (χ3n) is 3.29. The first-order valence-corrected chi connectivity index (χ1v) is 6.10. The Balaban J connectivity index is 1.78. The summed E-state index contributed by atoms with van der Waals surface area (Å²) in [7, 11) is 1.96. The molecule has 1 aliphatic rings. The summed E-state index contributed by atoms with van der Waals surface area (Å²) >= 11 is 0. The lowest BCUT2D eigenvalue weighted by Crippen LogP contribution is -2.38. The van der Waals surface area contributed by atoms with E-state index in [9.17, 15) is 9.90 Å². The summed E-state index contributed by atoms with van der Waals surface area (Å²) in [4.78, 5) is 14.0. The van der Waals surface area contributed by atoms with Crippen LogP contribution in [0.15, 0.2) is 30.3 Å². The van der Waals surface area contributed by atoms with Gasteiger partial charge in [0.1, 0.15) is 0 Å². The second-order valence-electron chi connectivity index (χ2n) is 4.98. The quantitative estimate of drug-likeness (QED) is 0.785. The van der Waals surface area contributed by atoms with Crippen LogP contribution >= 0.6 is 0 Å². The zero-order chi connectivity index (χ0) is 12.3. The van der Waals surface area contributed by atoms with Gasteiger partial charge in [0.05, 0.1) is 12.6 Å². The zero-order valence-electron chi connectivity index (χ0n) is 10.2. The number of aliphatic hydroxyl groups excluding tert-OH is 1. The largest absolute Gasteiger partial charge is 0.393 e. The Morgan fingerprint density at radius 3 is 2.59 bits per heavy atom. The van der Waals surface area contributed by atoms with Crippen molar-refractivity contribution in [3.05, 3.63) is 35.9 Å². The van der Waals surface area contributed by atoms with Gasteiger partial charge in [-0.3, -0.25) is 9.69 Å². The maximum absolute atomic E-state index is 11.9. The normalized spacial score (nSPS) is 23.5. The maximum atomic E-state index is 11.9. The molecule has 2 rings (SSSR count). The molecule has 17 heavy (non-hydrogen) atoms. The molecular weight excluding hydrogens is 214 g/mol. The number of likely N-dealkylation sites (N-methyl/N-ethyl adjacent to an activating group) is 1. The van der Waals surface area contributed by atoms with Crippen molar-refractivity contribution < 1.29 is 9.90 Å². The molecule has 1 aromatic rings. The maximum Gasteiger partial charge on any atom is 0.176 e. The van der Waals surface area contributed by atoms with Gasteiger partial charge in [-0.1, -0.05) is 30.3 Å². The molecule has 1 aliphatic carbocycles.